The number of hydrogen-bond donors (Lipinski definition) is 0. The molecular formula is C29H33NO. The fourth-order valence-electron chi connectivity index (χ4n) is 3.47. The van der Waals surface area contributed by atoms with Crippen molar-refractivity contribution < 1.29 is 4.74 Å². The standard InChI is InChI=1S/C29H33NO/c1-4-8-23(3)30-21-27-17-14-25(15-18-27)13-16-26-10-7-12-29(20-26)31-22-28-11-6-9-24(5-2)19-28/h6-7,9-12,14-15,17-21H,3-5,8,13,16,22H2,1-2H3. The molecule has 0 aliphatic heterocycles. The molecule has 0 radical (unpaired) electrons. The molecule has 0 heterocycles. The summed E-state index contributed by atoms with van der Waals surface area (Å²) in [7, 11) is 0. The highest BCUT2D eigenvalue weighted by molar-refractivity contribution is 5.80. The van der Waals surface area contributed by atoms with Gasteiger partial charge in [-0.25, -0.2) is 0 Å². The first-order valence-electron chi connectivity index (χ1n) is 11.3. The van der Waals surface area contributed by atoms with Crippen molar-refractivity contribution in [3.8, 4) is 5.75 Å². The van der Waals surface area contributed by atoms with Gasteiger partial charge in [0.25, 0.3) is 0 Å². The first-order chi connectivity index (χ1) is 15.2. The summed E-state index contributed by atoms with van der Waals surface area (Å²) in [6.45, 7) is 8.90. The summed E-state index contributed by atoms with van der Waals surface area (Å²) in [5.74, 6) is 0.929. The van der Waals surface area contributed by atoms with Crippen LogP contribution in [0, 0.1) is 0 Å². The largest absolute Gasteiger partial charge is 0.489 e. The first kappa shape index (κ1) is 22.6. The van der Waals surface area contributed by atoms with Gasteiger partial charge in [0, 0.05) is 11.9 Å². The number of rotatable bonds is 11. The van der Waals surface area contributed by atoms with Crippen molar-refractivity contribution in [3.05, 3.63) is 113 Å². The lowest BCUT2D eigenvalue weighted by Gasteiger charge is -2.09. The lowest BCUT2D eigenvalue weighted by atomic mass is 10.0. The van der Waals surface area contributed by atoms with Crippen LogP contribution in [-0.4, -0.2) is 6.21 Å². The third kappa shape index (κ3) is 7.57. The Morgan fingerprint density at radius 2 is 1.55 bits per heavy atom. The van der Waals surface area contributed by atoms with E-state index in [1.807, 2.05) is 12.3 Å². The van der Waals surface area contributed by atoms with Gasteiger partial charge in [0.05, 0.1) is 0 Å². The zero-order chi connectivity index (χ0) is 21.9. The molecule has 0 N–H and O–H groups in total. The summed E-state index contributed by atoms with van der Waals surface area (Å²) in [5.41, 5.74) is 7.23. The molecule has 2 nitrogen and oxygen atoms in total. The average Bonchev–Trinajstić information content (AvgIpc) is 2.81. The number of nitrogens with zero attached hydrogens (tertiary/aromatic N) is 1. The minimum Gasteiger partial charge on any atom is -0.489 e. The number of ether oxygens (including phenoxy) is 1. The van der Waals surface area contributed by atoms with Crippen LogP contribution in [0.4, 0.5) is 0 Å². The highest BCUT2D eigenvalue weighted by Crippen LogP contribution is 2.18. The van der Waals surface area contributed by atoms with Gasteiger partial charge in [0.15, 0.2) is 0 Å². The van der Waals surface area contributed by atoms with E-state index in [4.69, 9.17) is 4.74 Å². The van der Waals surface area contributed by atoms with Crippen molar-refractivity contribution in [2.75, 3.05) is 0 Å². The quantitative estimate of drug-likeness (QED) is 0.302. The molecule has 0 fully saturated rings. The van der Waals surface area contributed by atoms with E-state index in [0.29, 0.717) is 6.61 Å². The zero-order valence-electron chi connectivity index (χ0n) is 18.8. The Bertz CT molecular complexity index is 1000. The average molecular weight is 412 g/mol. The third-order valence-electron chi connectivity index (χ3n) is 5.32. The van der Waals surface area contributed by atoms with Crippen LogP contribution in [0.5, 0.6) is 5.75 Å². The molecule has 0 atom stereocenters. The monoisotopic (exact) mass is 411 g/mol. The maximum Gasteiger partial charge on any atom is 0.120 e. The predicted molar refractivity (Wildman–Crippen MR) is 132 cm³/mol. The molecule has 3 aromatic carbocycles. The Hall–Kier alpha value is -3.13. The minimum atomic E-state index is 0.602. The summed E-state index contributed by atoms with van der Waals surface area (Å²) in [4.78, 5) is 4.43. The molecular weight excluding hydrogens is 378 g/mol. The molecule has 3 rings (SSSR count). The predicted octanol–water partition coefficient (Wildman–Crippen LogP) is 7.35. The Balaban J connectivity index is 1.52. The van der Waals surface area contributed by atoms with Gasteiger partial charge in [-0.05, 0) is 65.6 Å². The molecule has 3 aromatic rings. The van der Waals surface area contributed by atoms with Crippen LogP contribution in [0.3, 0.4) is 0 Å². The van der Waals surface area contributed by atoms with E-state index in [9.17, 15) is 0 Å². The van der Waals surface area contributed by atoms with Gasteiger partial charge in [0.2, 0.25) is 0 Å². The summed E-state index contributed by atoms with van der Waals surface area (Å²) in [5, 5.41) is 0. The number of allylic oxidation sites excluding steroid dienone is 1. The van der Waals surface area contributed by atoms with E-state index in [0.717, 1.165) is 49.1 Å². The summed E-state index contributed by atoms with van der Waals surface area (Å²) < 4.78 is 6.04. The van der Waals surface area contributed by atoms with Crippen LogP contribution in [0.1, 0.15) is 54.5 Å². The molecule has 0 saturated carbocycles. The lowest BCUT2D eigenvalue weighted by molar-refractivity contribution is 0.306. The first-order valence-corrected chi connectivity index (χ1v) is 11.3. The van der Waals surface area contributed by atoms with Crippen LogP contribution >= 0.6 is 0 Å². The van der Waals surface area contributed by atoms with Crippen molar-refractivity contribution in [1.29, 1.82) is 0 Å². The van der Waals surface area contributed by atoms with E-state index in [2.05, 4.69) is 92.1 Å². The minimum absolute atomic E-state index is 0.602. The second-order valence-corrected chi connectivity index (χ2v) is 7.93. The van der Waals surface area contributed by atoms with E-state index in [1.165, 1.54) is 22.3 Å². The maximum absolute atomic E-state index is 6.04. The smallest absolute Gasteiger partial charge is 0.120 e. The number of benzene rings is 3. The third-order valence-corrected chi connectivity index (χ3v) is 5.32. The molecule has 0 aromatic heterocycles. The second kappa shape index (κ2) is 11.9. The van der Waals surface area contributed by atoms with Gasteiger partial charge in [-0.3, -0.25) is 4.99 Å². The molecule has 0 aliphatic carbocycles. The highest BCUT2D eigenvalue weighted by Gasteiger charge is 2.01. The summed E-state index contributed by atoms with van der Waals surface area (Å²) >= 11 is 0. The van der Waals surface area contributed by atoms with Gasteiger partial charge in [-0.2, -0.15) is 0 Å². The molecule has 0 saturated heterocycles. The van der Waals surface area contributed by atoms with Crippen molar-refractivity contribution in [2.24, 2.45) is 4.99 Å². The van der Waals surface area contributed by atoms with E-state index >= 15 is 0 Å². The van der Waals surface area contributed by atoms with Crippen molar-refractivity contribution in [3.63, 3.8) is 0 Å². The molecule has 0 unspecified atom stereocenters. The van der Waals surface area contributed by atoms with Crippen molar-refractivity contribution in [1.82, 2.24) is 0 Å². The van der Waals surface area contributed by atoms with Crippen LogP contribution < -0.4 is 4.74 Å². The summed E-state index contributed by atoms with van der Waals surface area (Å²) in [6.07, 6.45) is 6.96. The zero-order valence-corrected chi connectivity index (χ0v) is 18.8. The molecule has 31 heavy (non-hydrogen) atoms. The highest BCUT2D eigenvalue weighted by atomic mass is 16.5. The Morgan fingerprint density at radius 1 is 0.839 bits per heavy atom. The Kier molecular flexibility index (Phi) is 8.66. The molecule has 0 aliphatic rings. The SMILES string of the molecule is C=C(CCC)N=Cc1ccc(CCc2cccc(OCc3cccc(CC)c3)c2)cc1. The summed E-state index contributed by atoms with van der Waals surface area (Å²) in [6, 6.07) is 25.7. The van der Waals surface area contributed by atoms with Gasteiger partial charge in [0.1, 0.15) is 12.4 Å². The molecule has 0 amide bonds. The van der Waals surface area contributed by atoms with Gasteiger partial charge < -0.3 is 4.74 Å². The maximum atomic E-state index is 6.04. The van der Waals surface area contributed by atoms with Crippen molar-refractivity contribution >= 4 is 6.21 Å². The Labute approximate surface area is 187 Å². The second-order valence-electron chi connectivity index (χ2n) is 7.93. The van der Waals surface area contributed by atoms with Gasteiger partial charge in [-0.1, -0.05) is 87.5 Å². The Morgan fingerprint density at radius 3 is 2.32 bits per heavy atom. The van der Waals surface area contributed by atoms with Crippen LogP contribution in [0.25, 0.3) is 0 Å². The molecule has 0 spiro atoms. The number of aryl methyl sites for hydroxylation is 3. The van der Waals surface area contributed by atoms with E-state index < -0.39 is 0 Å². The molecule has 160 valence electrons. The lowest BCUT2D eigenvalue weighted by Crippen LogP contribution is -1.98. The topological polar surface area (TPSA) is 21.6 Å². The van der Waals surface area contributed by atoms with Crippen LogP contribution in [-0.2, 0) is 25.9 Å². The van der Waals surface area contributed by atoms with E-state index in [-0.39, 0.29) is 0 Å². The van der Waals surface area contributed by atoms with Crippen LogP contribution in [0.15, 0.2) is 90.1 Å². The fraction of sp³-hybridized carbons (Fsp3) is 0.276. The molecule has 2 heteroatoms. The van der Waals surface area contributed by atoms with Gasteiger partial charge in [-0.15, -0.1) is 0 Å². The van der Waals surface area contributed by atoms with Gasteiger partial charge >= 0.3 is 0 Å². The number of hydrogen-bond acceptors (Lipinski definition) is 2. The molecule has 0 bridgehead atoms. The van der Waals surface area contributed by atoms with Crippen LogP contribution in [0.2, 0.25) is 0 Å². The van der Waals surface area contributed by atoms with Crippen molar-refractivity contribution in [2.45, 2.75) is 52.6 Å². The normalized spacial score (nSPS) is 11.0. The number of aliphatic imine (C=N–C) groups is 1. The van der Waals surface area contributed by atoms with E-state index in [1.54, 1.807) is 0 Å². The fourth-order valence-corrected chi connectivity index (χ4v) is 3.47.